The Kier molecular flexibility index (Phi) is 9.56. The average Bonchev–Trinajstić information content (AvgIpc) is 3.02. The Hall–Kier alpha value is -2.86. The fourth-order valence-corrected chi connectivity index (χ4v) is 6.86. The first-order valence-corrected chi connectivity index (χ1v) is 16.2. The summed E-state index contributed by atoms with van der Waals surface area (Å²) in [6.07, 6.45) is 9.09. The third kappa shape index (κ3) is 6.97. The van der Waals surface area contributed by atoms with Crippen molar-refractivity contribution in [2.75, 3.05) is 83.1 Å². The molecule has 0 unspecified atom stereocenters. The third-order valence-corrected chi connectivity index (χ3v) is 9.36. The number of likely N-dealkylation sites (tertiary alicyclic amines) is 1. The van der Waals surface area contributed by atoms with Gasteiger partial charge in [0, 0.05) is 61.4 Å². The SMILES string of the molecule is CN1CCN(CCCCNc2cc3c4ccccc4c(NCCCCN4CCCCC4)cc3c3ccccc23)CC1. The maximum absolute atomic E-state index is 3.83. The molecule has 0 atom stereocenters. The standard InChI is InChI=1S/C36H49N5/c1-39-23-25-41(26-24-39)22-12-8-18-38-36-28-34-29-13-3-5-15-31(29)35(27-33(34)30-14-4-6-16-32(30)36)37-17-7-11-21-40-19-9-2-10-20-40/h3-6,13-16,27-28,37-38H,2,7-12,17-26H2,1H3. The van der Waals surface area contributed by atoms with Gasteiger partial charge in [-0.2, -0.15) is 0 Å². The van der Waals surface area contributed by atoms with E-state index in [1.807, 2.05) is 0 Å². The molecule has 5 nitrogen and oxygen atoms in total. The summed E-state index contributed by atoms with van der Waals surface area (Å²) < 4.78 is 0. The lowest BCUT2D eigenvalue weighted by molar-refractivity contribution is 0.152. The number of nitrogens with zero attached hydrogens (tertiary/aromatic N) is 3. The van der Waals surface area contributed by atoms with Crippen LogP contribution in [0.4, 0.5) is 11.4 Å². The zero-order valence-electron chi connectivity index (χ0n) is 25.1. The first kappa shape index (κ1) is 28.3. The number of fused-ring (bicyclic) bond motifs is 5. The first-order chi connectivity index (χ1) is 20.3. The van der Waals surface area contributed by atoms with E-state index in [1.165, 1.54) is 141 Å². The number of likely N-dealkylation sites (N-methyl/N-ethyl adjacent to an activating group) is 1. The van der Waals surface area contributed by atoms with Crippen molar-refractivity contribution in [2.45, 2.75) is 44.9 Å². The van der Waals surface area contributed by atoms with Gasteiger partial charge in [0.15, 0.2) is 0 Å². The van der Waals surface area contributed by atoms with E-state index in [-0.39, 0.29) is 0 Å². The van der Waals surface area contributed by atoms with E-state index >= 15 is 0 Å². The molecule has 0 bridgehead atoms. The predicted molar refractivity (Wildman–Crippen MR) is 179 cm³/mol. The van der Waals surface area contributed by atoms with Gasteiger partial charge < -0.3 is 25.3 Å². The van der Waals surface area contributed by atoms with Crippen LogP contribution in [0.3, 0.4) is 0 Å². The predicted octanol–water partition coefficient (Wildman–Crippen LogP) is 7.26. The summed E-state index contributed by atoms with van der Waals surface area (Å²) in [7, 11) is 2.23. The Balaban J connectivity index is 1.16. The normalized spacial score (nSPS) is 17.5. The number of hydrogen-bond donors (Lipinski definition) is 2. The van der Waals surface area contributed by atoms with Gasteiger partial charge in [0.1, 0.15) is 0 Å². The topological polar surface area (TPSA) is 33.8 Å². The Morgan fingerprint density at radius 3 is 1.49 bits per heavy atom. The van der Waals surface area contributed by atoms with Crippen LogP contribution in [0, 0.1) is 0 Å². The highest BCUT2D eigenvalue weighted by Crippen LogP contribution is 2.39. The van der Waals surface area contributed by atoms with Crippen molar-refractivity contribution in [3.05, 3.63) is 60.7 Å². The van der Waals surface area contributed by atoms with Crippen molar-refractivity contribution in [3.63, 3.8) is 0 Å². The van der Waals surface area contributed by atoms with E-state index in [0.29, 0.717) is 0 Å². The monoisotopic (exact) mass is 551 g/mol. The molecule has 41 heavy (non-hydrogen) atoms. The van der Waals surface area contributed by atoms with Crippen LogP contribution in [0.15, 0.2) is 60.7 Å². The smallest absolute Gasteiger partial charge is 0.0426 e. The maximum Gasteiger partial charge on any atom is 0.0426 e. The van der Waals surface area contributed by atoms with Crippen LogP contribution in [-0.4, -0.2) is 87.2 Å². The van der Waals surface area contributed by atoms with Gasteiger partial charge in [-0.25, -0.2) is 0 Å². The van der Waals surface area contributed by atoms with Crippen LogP contribution < -0.4 is 10.6 Å². The highest BCUT2D eigenvalue weighted by atomic mass is 15.2. The Bertz CT molecular complexity index is 1420. The summed E-state index contributed by atoms with van der Waals surface area (Å²) >= 11 is 0. The number of piperidine rings is 1. The van der Waals surface area contributed by atoms with E-state index in [2.05, 4.69) is 93.0 Å². The van der Waals surface area contributed by atoms with Gasteiger partial charge in [-0.15, -0.1) is 0 Å². The summed E-state index contributed by atoms with van der Waals surface area (Å²) in [5.74, 6) is 0. The van der Waals surface area contributed by atoms with Gasteiger partial charge >= 0.3 is 0 Å². The fraction of sp³-hybridized carbons (Fsp3) is 0.500. The zero-order chi connectivity index (χ0) is 27.9. The molecule has 0 saturated carbocycles. The lowest BCUT2D eigenvalue weighted by atomic mass is 9.94. The van der Waals surface area contributed by atoms with Crippen molar-refractivity contribution >= 4 is 43.7 Å². The number of benzene rings is 4. The molecule has 2 N–H and O–H groups in total. The van der Waals surface area contributed by atoms with Crippen LogP contribution in [0.1, 0.15) is 44.9 Å². The van der Waals surface area contributed by atoms with Crippen molar-refractivity contribution in [2.24, 2.45) is 0 Å². The van der Waals surface area contributed by atoms with Gasteiger partial charge in [-0.1, -0.05) is 55.0 Å². The summed E-state index contributed by atoms with van der Waals surface area (Å²) in [6.45, 7) is 11.9. The molecule has 2 heterocycles. The zero-order valence-corrected chi connectivity index (χ0v) is 25.1. The third-order valence-electron chi connectivity index (χ3n) is 9.36. The highest BCUT2D eigenvalue weighted by Gasteiger charge is 2.14. The van der Waals surface area contributed by atoms with Crippen LogP contribution in [0.25, 0.3) is 32.3 Å². The largest absolute Gasteiger partial charge is 0.385 e. The minimum absolute atomic E-state index is 1.01. The highest BCUT2D eigenvalue weighted by molar-refractivity contribution is 6.23. The average molecular weight is 552 g/mol. The molecule has 4 aromatic rings. The summed E-state index contributed by atoms with van der Waals surface area (Å²) in [5.41, 5.74) is 2.53. The second-order valence-corrected chi connectivity index (χ2v) is 12.3. The van der Waals surface area contributed by atoms with E-state index in [9.17, 15) is 0 Å². The molecule has 6 rings (SSSR count). The Morgan fingerprint density at radius 2 is 0.976 bits per heavy atom. The molecule has 2 saturated heterocycles. The molecular weight excluding hydrogens is 502 g/mol. The van der Waals surface area contributed by atoms with Gasteiger partial charge in [-0.3, -0.25) is 0 Å². The number of hydrogen-bond acceptors (Lipinski definition) is 5. The van der Waals surface area contributed by atoms with E-state index in [0.717, 1.165) is 13.1 Å². The van der Waals surface area contributed by atoms with Gasteiger partial charge in [-0.05, 0) is 105 Å². The lowest BCUT2D eigenvalue weighted by Crippen LogP contribution is -2.44. The molecule has 4 aromatic carbocycles. The van der Waals surface area contributed by atoms with Crippen molar-refractivity contribution in [1.29, 1.82) is 0 Å². The molecule has 2 aliphatic heterocycles. The molecule has 0 spiro atoms. The first-order valence-electron chi connectivity index (χ1n) is 16.2. The number of piperazine rings is 1. The van der Waals surface area contributed by atoms with Crippen LogP contribution in [-0.2, 0) is 0 Å². The second-order valence-electron chi connectivity index (χ2n) is 12.3. The summed E-state index contributed by atoms with van der Waals surface area (Å²) in [4.78, 5) is 7.71. The van der Waals surface area contributed by atoms with Crippen LogP contribution in [0.5, 0.6) is 0 Å². The summed E-state index contributed by atoms with van der Waals surface area (Å²) in [6, 6.07) is 22.7. The molecule has 218 valence electrons. The van der Waals surface area contributed by atoms with Crippen molar-refractivity contribution in [1.82, 2.24) is 14.7 Å². The van der Waals surface area contributed by atoms with E-state index < -0.39 is 0 Å². The lowest BCUT2D eigenvalue weighted by Gasteiger charge is -2.32. The number of nitrogens with one attached hydrogen (secondary N) is 2. The van der Waals surface area contributed by atoms with Gasteiger partial charge in [0.25, 0.3) is 0 Å². The minimum atomic E-state index is 1.01. The number of anilines is 2. The molecule has 0 radical (unpaired) electrons. The second kappa shape index (κ2) is 13.9. The van der Waals surface area contributed by atoms with E-state index in [1.54, 1.807) is 0 Å². The van der Waals surface area contributed by atoms with E-state index in [4.69, 9.17) is 0 Å². The number of unbranched alkanes of at least 4 members (excludes halogenated alkanes) is 2. The Labute approximate surface area is 246 Å². The maximum atomic E-state index is 3.83. The van der Waals surface area contributed by atoms with Gasteiger partial charge in [0.2, 0.25) is 0 Å². The van der Waals surface area contributed by atoms with Crippen molar-refractivity contribution < 1.29 is 0 Å². The summed E-state index contributed by atoms with van der Waals surface area (Å²) in [5, 5.41) is 15.7. The quantitative estimate of drug-likeness (QED) is 0.143. The Morgan fingerprint density at radius 1 is 0.512 bits per heavy atom. The fourth-order valence-electron chi connectivity index (χ4n) is 6.86. The molecule has 5 heteroatoms. The molecular formula is C36H49N5. The molecule has 0 aromatic heterocycles. The van der Waals surface area contributed by atoms with Crippen LogP contribution in [0.2, 0.25) is 0 Å². The van der Waals surface area contributed by atoms with Crippen molar-refractivity contribution in [3.8, 4) is 0 Å². The molecule has 2 fully saturated rings. The molecule has 0 aliphatic carbocycles. The van der Waals surface area contributed by atoms with Gasteiger partial charge in [0.05, 0.1) is 0 Å². The molecule has 2 aliphatic rings. The number of rotatable bonds is 12. The van der Waals surface area contributed by atoms with Crippen LogP contribution >= 0.6 is 0 Å². The molecule has 0 amide bonds. The minimum Gasteiger partial charge on any atom is -0.385 e.